The second-order valence-corrected chi connectivity index (χ2v) is 4.99. The number of hydrogen-bond acceptors (Lipinski definition) is 4. The van der Waals surface area contributed by atoms with E-state index in [2.05, 4.69) is 26.9 Å². The van der Waals surface area contributed by atoms with Crippen molar-refractivity contribution in [3.05, 3.63) is 53.6 Å². The fourth-order valence-corrected chi connectivity index (χ4v) is 2.18. The first-order valence-corrected chi connectivity index (χ1v) is 7.07. The van der Waals surface area contributed by atoms with E-state index in [0.29, 0.717) is 12.2 Å². The predicted octanol–water partition coefficient (Wildman–Crippen LogP) is 1.06. The Morgan fingerprint density at radius 2 is 2.18 bits per heavy atom. The van der Waals surface area contributed by atoms with E-state index >= 15 is 0 Å². The van der Waals surface area contributed by atoms with Crippen molar-refractivity contribution in [2.75, 3.05) is 19.6 Å². The summed E-state index contributed by atoms with van der Waals surface area (Å²) in [6, 6.07) is 5.75. The van der Waals surface area contributed by atoms with Crippen molar-refractivity contribution in [2.45, 2.75) is 6.42 Å². The minimum absolute atomic E-state index is 0.235. The summed E-state index contributed by atoms with van der Waals surface area (Å²) in [6.45, 7) is 2.29. The van der Waals surface area contributed by atoms with Gasteiger partial charge in [-0.1, -0.05) is 11.6 Å². The van der Waals surface area contributed by atoms with Gasteiger partial charge in [0.25, 0.3) is 5.91 Å². The molecule has 3 rings (SSSR count). The Bertz CT molecular complexity index is 692. The molecule has 0 saturated carbocycles. The molecule has 114 valence electrons. The smallest absolute Gasteiger partial charge is 0.273 e. The number of rotatable bonds is 4. The number of carbonyl (C=O) groups excluding carboxylic acids is 1. The number of carbonyl (C=O) groups is 1. The average Bonchev–Trinajstić information content (AvgIpc) is 3.04. The van der Waals surface area contributed by atoms with Gasteiger partial charge in [0.15, 0.2) is 5.69 Å². The third kappa shape index (κ3) is 3.37. The number of aromatic nitrogens is 3. The third-order valence-electron chi connectivity index (χ3n) is 3.42. The molecule has 6 nitrogen and oxygen atoms in total. The van der Waals surface area contributed by atoms with Gasteiger partial charge in [-0.15, -0.1) is 5.10 Å². The number of amides is 1. The molecule has 1 aliphatic rings. The van der Waals surface area contributed by atoms with Crippen molar-refractivity contribution in [2.24, 2.45) is 0 Å². The highest BCUT2D eigenvalue weighted by Gasteiger charge is 2.12. The van der Waals surface area contributed by atoms with Crippen molar-refractivity contribution in [3.8, 4) is 5.69 Å². The molecule has 2 N–H and O–H groups in total. The number of benzene rings is 1. The van der Waals surface area contributed by atoms with Gasteiger partial charge in [-0.2, -0.15) is 9.90 Å². The van der Waals surface area contributed by atoms with Gasteiger partial charge < -0.3 is 10.6 Å². The van der Waals surface area contributed by atoms with Crippen molar-refractivity contribution < 1.29 is 9.18 Å². The molecule has 0 spiro atoms. The van der Waals surface area contributed by atoms with E-state index in [4.69, 9.17) is 0 Å². The SMILES string of the molecule is O=C(NCC1=CCNCC1)c1cnn(-c2ccc(F)cc2)n1. The summed E-state index contributed by atoms with van der Waals surface area (Å²) >= 11 is 0. The number of nitrogens with one attached hydrogen (secondary N) is 2. The number of nitrogens with zero attached hydrogens (tertiary/aromatic N) is 3. The van der Waals surface area contributed by atoms with Crippen LogP contribution in [0.3, 0.4) is 0 Å². The molecule has 1 aromatic carbocycles. The average molecular weight is 301 g/mol. The maximum absolute atomic E-state index is 12.9. The molecular weight excluding hydrogens is 285 g/mol. The van der Waals surface area contributed by atoms with Crippen LogP contribution in [0.2, 0.25) is 0 Å². The molecule has 2 aromatic rings. The zero-order chi connectivity index (χ0) is 15.4. The Morgan fingerprint density at radius 3 is 2.91 bits per heavy atom. The quantitative estimate of drug-likeness (QED) is 0.828. The van der Waals surface area contributed by atoms with Gasteiger partial charge in [0.1, 0.15) is 5.82 Å². The molecule has 1 aromatic heterocycles. The molecule has 1 aliphatic heterocycles. The fraction of sp³-hybridized carbons (Fsp3) is 0.267. The lowest BCUT2D eigenvalue weighted by atomic mass is 10.1. The maximum atomic E-state index is 12.9. The summed E-state index contributed by atoms with van der Waals surface area (Å²) in [4.78, 5) is 13.4. The maximum Gasteiger partial charge on any atom is 0.273 e. The minimum Gasteiger partial charge on any atom is -0.347 e. The van der Waals surface area contributed by atoms with E-state index in [0.717, 1.165) is 19.5 Å². The van der Waals surface area contributed by atoms with E-state index < -0.39 is 0 Å². The summed E-state index contributed by atoms with van der Waals surface area (Å²) in [6.07, 6.45) is 4.41. The lowest BCUT2D eigenvalue weighted by molar-refractivity contribution is 0.0951. The van der Waals surface area contributed by atoms with Crippen LogP contribution in [0.5, 0.6) is 0 Å². The van der Waals surface area contributed by atoms with Crippen LogP contribution in [-0.2, 0) is 0 Å². The van der Waals surface area contributed by atoms with Crippen molar-refractivity contribution in [3.63, 3.8) is 0 Å². The Balaban J connectivity index is 1.64. The molecule has 2 heterocycles. The largest absolute Gasteiger partial charge is 0.347 e. The van der Waals surface area contributed by atoms with Gasteiger partial charge in [-0.05, 0) is 37.2 Å². The van der Waals surface area contributed by atoms with Crippen LogP contribution in [-0.4, -0.2) is 40.5 Å². The van der Waals surface area contributed by atoms with Crippen LogP contribution in [0.1, 0.15) is 16.9 Å². The molecule has 0 bridgehead atoms. The summed E-state index contributed by atoms with van der Waals surface area (Å²) in [5.41, 5.74) is 2.04. The van der Waals surface area contributed by atoms with E-state index in [1.165, 1.54) is 28.7 Å². The zero-order valence-corrected chi connectivity index (χ0v) is 11.9. The lowest BCUT2D eigenvalue weighted by Crippen LogP contribution is -2.29. The van der Waals surface area contributed by atoms with Gasteiger partial charge in [0, 0.05) is 13.1 Å². The monoisotopic (exact) mass is 301 g/mol. The highest BCUT2D eigenvalue weighted by molar-refractivity contribution is 5.92. The number of halogens is 1. The molecule has 1 amide bonds. The molecule has 0 unspecified atom stereocenters. The Hall–Kier alpha value is -2.54. The third-order valence-corrected chi connectivity index (χ3v) is 3.42. The van der Waals surface area contributed by atoms with Crippen LogP contribution >= 0.6 is 0 Å². The topological polar surface area (TPSA) is 71.8 Å². The summed E-state index contributed by atoms with van der Waals surface area (Å²) in [7, 11) is 0. The highest BCUT2D eigenvalue weighted by atomic mass is 19.1. The van der Waals surface area contributed by atoms with Crippen LogP contribution in [0.25, 0.3) is 5.69 Å². The van der Waals surface area contributed by atoms with E-state index in [1.54, 1.807) is 12.1 Å². The Kier molecular flexibility index (Phi) is 4.24. The van der Waals surface area contributed by atoms with Crippen LogP contribution in [0.4, 0.5) is 4.39 Å². The van der Waals surface area contributed by atoms with Gasteiger partial charge in [0.2, 0.25) is 0 Å². The Morgan fingerprint density at radius 1 is 1.36 bits per heavy atom. The molecule has 0 atom stereocenters. The number of hydrogen-bond donors (Lipinski definition) is 2. The first-order valence-electron chi connectivity index (χ1n) is 7.07. The molecule has 22 heavy (non-hydrogen) atoms. The van der Waals surface area contributed by atoms with Gasteiger partial charge >= 0.3 is 0 Å². The molecular formula is C15H16FN5O. The van der Waals surface area contributed by atoms with Gasteiger partial charge in [0.05, 0.1) is 11.9 Å². The summed E-state index contributed by atoms with van der Waals surface area (Å²) in [5.74, 6) is -0.600. The van der Waals surface area contributed by atoms with Crippen LogP contribution in [0.15, 0.2) is 42.1 Å². The molecule has 7 heteroatoms. The van der Waals surface area contributed by atoms with E-state index in [9.17, 15) is 9.18 Å². The zero-order valence-electron chi connectivity index (χ0n) is 11.9. The Labute approximate surface area is 127 Å². The van der Waals surface area contributed by atoms with Crippen molar-refractivity contribution >= 4 is 5.91 Å². The first kappa shape index (κ1) is 14.4. The minimum atomic E-state index is -0.330. The molecule has 0 radical (unpaired) electrons. The van der Waals surface area contributed by atoms with Gasteiger partial charge in [-0.3, -0.25) is 4.79 Å². The fourth-order valence-electron chi connectivity index (χ4n) is 2.18. The predicted molar refractivity (Wildman–Crippen MR) is 79.2 cm³/mol. The van der Waals surface area contributed by atoms with Crippen molar-refractivity contribution in [1.29, 1.82) is 0 Å². The first-order chi connectivity index (χ1) is 10.7. The second kappa shape index (κ2) is 6.48. The molecule has 0 saturated heterocycles. The standard InChI is InChI=1S/C15H16FN5O/c16-12-1-3-13(4-2-12)21-19-10-14(20-21)15(22)18-9-11-5-7-17-8-6-11/h1-5,10,17H,6-9H2,(H,18,22). The summed E-state index contributed by atoms with van der Waals surface area (Å²) in [5, 5.41) is 14.2. The lowest BCUT2D eigenvalue weighted by Gasteiger charge is -2.13. The van der Waals surface area contributed by atoms with Gasteiger partial charge in [-0.25, -0.2) is 4.39 Å². The molecule has 0 aliphatic carbocycles. The highest BCUT2D eigenvalue weighted by Crippen LogP contribution is 2.07. The van der Waals surface area contributed by atoms with Crippen LogP contribution in [0, 0.1) is 5.82 Å². The van der Waals surface area contributed by atoms with Crippen molar-refractivity contribution in [1.82, 2.24) is 25.6 Å². The van der Waals surface area contributed by atoms with E-state index in [-0.39, 0.29) is 17.4 Å². The summed E-state index contributed by atoms with van der Waals surface area (Å²) < 4.78 is 12.9. The second-order valence-electron chi connectivity index (χ2n) is 4.99. The van der Waals surface area contributed by atoms with E-state index in [1.807, 2.05) is 0 Å². The van der Waals surface area contributed by atoms with Crippen LogP contribution < -0.4 is 10.6 Å². The molecule has 0 fully saturated rings. The normalized spacial score (nSPS) is 14.5.